The normalized spacial score (nSPS) is 26.0. The summed E-state index contributed by atoms with van der Waals surface area (Å²) in [4.78, 5) is 43.8. The second-order valence-electron chi connectivity index (χ2n) is 9.94. The molecule has 2 fully saturated rings. The Morgan fingerprint density at radius 2 is 1.71 bits per heavy atom. The van der Waals surface area contributed by atoms with Gasteiger partial charge in [-0.15, -0.1) is 0 Å². The summed E-state index contributed by atoms with van der Waals surface area (Å²) in [5.41, 5.74) is -0.707. The fraction of sp³-hybridized carbons (Fsp3) is 0.333. The first-order valence-electron chi connectivity index (χ1n) is 11.4. The first-order valence-corrected chi connectivity index (χ1v) is 11.4. The number of carbonyl (C=O) groups excluding carboxylic acids is 2. The lowest BCUT2D eigenvalue weighted by Gasteiger charge is -2.39. The van der Waals surface area contributed by atoms with E-state index in [1.54, 1.807) is 24.3 Å². The predicted molar refractivity (Wildman–Crippen MR) is 129 cm³/mol. The average molecular weight is 459 g/mol. The summed E-state index contributed by atoms with van der Waals surface area (Å²) in [5, 5.41) is 7.88. The van der Waals surface area contributed by atoms with E-state index in [9.17, 15) is 14.4 Å². The van der Waals surface area contributed by atoms with Crippen molar-refractivity contribution in [3.63, 3.8) is 0 Å². The van der Waals surface area contributed by atoms with E-state index >= 15 is 0 Å². The van der Waals surface area contributed by atoms with Crippen molar-refractivity contribution in [2.45, 2.75) is 40.0 Å². The molecule has 1 heterocycles. The fourth-order valence-corrected chi connectivity index (χ4v) is 5.64. The number of hydrogen-bond acceptors (Lipinski definition) is 6. The van der Waals surface area contributed by atoms with E-state index in [1.807, 2.05) is 30.3 Å². The number of fused-ring (bicyclic) bond motifs is 3. The molecule has 2 atom stereocenters. The monoisotopic (exact) mass is 458 g/mol. The molecule has 3 aromatic rings. The topological polar surface area (TPSA) is 98.0 Å². The van der Waals surface area contributed by atoms with E-state index in [0.29, 0.717) is 23.1 Å². The first-order chi connectivity index (χ1) is 16.2. The van der Waals surface area contributed by atoms with Crippen LogP contribution in [0.2, 0.25) is 0 Å². The minimum absolute atomic E-state index is 0.0564. The van der Waals surface area contributed by atoms with Crippen molar-refractivity contribution in [1.29, 1.82) is 0 Å². The molecular formula is C27H26N2O5. The molecule has 0 radical (unpaired) electrons. The quantitative estimate of drug-likeness (QED) is 0.331. The van der Waals surface area contributed by atoms with Gasteiger partial charge in [-0.25, -0.2) is 9.59 Å². The first kappa shape index (κ1) is 22.1. The number of rotatable bonds is 4. The molecule has 7 nitrogen and oxygen atoms in total. The molecule has 2 saturated carbocycles. The summed E-state index contributed by atoms with van der Waals surface area (Å²) < 4.78 is 5.23. The van der Waals surface area contributed by atoms with Crippen molar-refractivity contribution in [3.05, 3.63) is 76.6 Å². The zero-order valence-corrected chi connectivity index (χ0v) is 19.4. The van der Waals surface area contributed by atoms with E-state index < -0.39 is 27.8 Å². The zero-order chi connectivity index (χ0) is 24.1. The van der Waals surface area contributed by atoms with Crippen LogP contribution in [0.5, 0.6) is 0 Å². The lowest BCUT2D eigenvalue weighted by Crippen LogP contribution is -2.43. The maximum absolute atomic E-state index is 13.5. The van der Waals surface area contributed by atoms with Crippen LogP contribution in [0, 0.1) is 16.2 Å². The van der Waals surface area contributed by atoms with Crippen LogP contribution in [-0.2, 0) is 9.63 Å². The molecule has 2 unspecified atom stereocenters. The second kappa shape index (κ2) is 7.65. The number of hydrogen-bond donors (Lipinski definition) is 1. The van der Waals surface area contributed by atoms with Crippen LogP contribution in [0.15, 0.2) is 75.0 Å². The molecule has 2 aromatic carbocycles. The van der Waals surface area contributed by atoms with Gasteiger partial charge in [0, 0.05) is 22.9 Å². The van der Waals surface area contributed by atoms with Gasteiger partial charge in [-0.05, 0) is 42.5 Å². The SMILES string of the molecule is CC12CCC(C(=O)Nc3ccccc3)(C/C1=N\OC(=O)c1cc3ccccc3oc1=O)C2(C)C. The smallest absolute Gasteiger partial charge is 0.373 e. The van der Waals surface area contributed by atoms with Crippen molar-refractivity contribution in [3.8, 4) is 0 Å². The van der Waals surface area contributed by atoms with Crippen LogP contribution in [0.1, 0.15) is 50.4 Å². The van der Waals surface area contributed by atoms with E-state index in [-0.39, 0.29) is 11.5 Å². The number of carbonyl (C=O) groups is 2. The van der Waals surface area contributed by atoms with Crippen molar-refractivity contribution in [2.75, 3.05) is 5.32 Å². The largest absolute Gasteiger partial charge is 0.422 e. The molecule has 2 aliphatic carbocycles. The molecular weight excluding hydrogens is 432 g/mol. The molecule has 2 bridgehead atoms. The summed E-state index contributed by atoms with van der Waals surface area (Å²) in [7, 11) is 0. The van der Waals surface area contributed by atoms with Crippen LogP contribution in [0.4, 0.5) is 5.69 Å². The van der Waals surface area contributed by atoms with Crippen molar-refractivity contribution < 1.29 is 18.8 Å². The van der Waals surface area contributed by atoms with Gasteiger partial charge in [0.25, 0.3) is 0 Å². The highest BCUT2D eigenvalue weighted by molar-refractivity contribution is 6.06. The molecule has 5 rings (SSSR count). The third-order valence-electron chi connectivity index (χ3n) is 8.30. The fourth-order valence-electron chi connectivity index (χ4n) is 5.64. The van der Waals surface area contributed by atoms with Gasteiger partial charge in [-0.3, -0.25) is 4.79 Å². The lowest BCUT2D eigenvalue weighted by molar-refractivity contribution is -0.130. The van der Waals surface area contributed by atoms with Crippen LogP contribution in [-0.4, -0.2) is 17.6 Å². The summed E-state index contributed by atoms with van der Waals surface area (Å²) in [6.07, 6.45) is 1.85. The van der Waals surface area contributed by atoms with Gasteiger partial charge in [-0.1, -0.05) is 62.3 Å². The van der Waals surface area contributed by atoms with E-state index in [0.717, 1.165) is 18.5 Å². The van der Waals surface area contributed by atoms with Crippen LogP contribution in [0.3, 0.4) is 0 Å². The Balaban J connectivity index is 1.42. The van der Waals surface area contributed by atoms with E-state index in [1.165, 1.54) is 6.07 Å². The third-order valence-corrected chi connectivity index (χ3v) is 8.30. The highest BCUT2D eigenvalue weighted by Crippen LogP contribution is 2.71. The third kappa shape index (κ3) is 3.10. The number of oxime groups is 1. The molecule has 174 valence electrons. The number of benzene rings is 2. The molecule has 0 aliphatic heterocycles. The molecule has 34 heavy (non-hydrogen) atoms. The average Bonchev–Trinajstić information content (AvgIpc) is 3.13. The Labute approximate surface area is 196 Å². The van der Waals surface area contributed by atoms with Gasteiger partial charge < -0.3 is 14.6 Å². The highest BCUT2D eigenvalue weighted by Gasteiger charge is 2.71. The van der Waals surface area contributed by atoms with Crippen molar-refractivity contribution in [2.24, 2.45) is 21.4 Å². The Kier molecular flexibility index (Phi) is 4.97. The number of anilines is 1. The number of para-hydroxylation sites is 2. The van der Waals surface area contributed by atoms with Crippen LogP contribution >= 0.6 is 0 Å². The van der Waals surface area contributed by atoms with Gasteiger partial charge in [0.1, 0.15) is 11.1 Å². The number of nitrogens with one attached hydrogen (secondary N) is 1. The molecule has 1 N–H and O–H groups in total. The standard InChI is InChI=1S/C27H26N2O5/c1-25(2)26(3)13-14-27(25,24(32)28-18-10-5-4-6-11-18)16-21(26)29-34-23(31)19-15-17-9-7-8-12-20(17)33-22(19)30/h4-12,15H,13-14,16H2,1-3H3,(H,28,32)/b29-21+. The number of amides is 1. The van der Waals surface area contributed by atoms with E-state index in [2.05, 4.69) is 31.2 Å². The lowest BCUT2D eigenvalue weighted by atomic mass is 9.64. The van der Waals surface area contributed by atoms with Gasteiger partial charge in [0.05, 0.1) is 11.1 Å². The van der Waals surface area contributed by atoms with Crippen LogP contribution in [0.25, 0.3) is 11.0 Å². The highest BCUT2D eigenvalue weighted by atomic mass is 16.7. The molecule has 1 amide bonds. The summed E-state index contributed by atoms with van der Waals surface area (Å²) in [6.45, 7) is 6.22. The minimum Gasteiger partial charge on any atom is -0.422 e. The molecule has 1 aromatic heterocycles. The molecule has 0 spiro atoms. The molecule has 2 aliphatic rings. The van der Waals surface area contributed by atoms with Gasteiger partial charge in [0.15, 0.2) is 0 Å². The summed E-state index contributed by atoms with van der Waals surface area (Å²) in [6, 6.07) is 17.8. The second-order valence-corrected chi connectivity index (χ2v) is 9.94. The van der Waals surface area contributed by atoms with Crippen molar-refractivity contribution >= 4 is 34.2 Å². The summed E-state index contributed by atoms with van der Waals surface area (Å²) in [5.74, 6) is -0.932. The Morgan fingerprint density at radius 1 is 1.00 bits per heavy atom. The Bertz CT molecular complexity index is 1390. The summed E-state index contributed by atoms with van der Waals surface area (Å²) >= 11 is 0. The van der Waals surface area contributed by atoms with Gasteiger partial charge in [0.2, 0.25) is 5.91 Å². The Morgan fingerprint density at radius 3 is 2.47 bits per heavy atom. The maximum Gasteiger partial charge on any atom is 0.373 e. The van der Waals surface area contributed by atoms with Gasteiger partial charge in [-0.2, -0.15) is 0 Å². The van der Waals surface area contributed by atoms with Crippen LogP contribution < -0.4 is 10.9 Å². The maximum atomic E-state index is 13.5. The van der Waals surface area contributed by atoms with Gasteiger partial charge >= 0.3 is 11.6 Å². The predicted octanol–water partition coefficient (Wildman–Crippen LogP) is 5.16. The molecule has 0 saturated heterocycles. The zero-order valence-electron chi connectivity index (χ0n) is 19.4. The Hall–Kier alpha value is -3.74. The molecule has 7 heteroatoms. The minimum atomic E-state index is -0.876. The number of nitrogens with zero attached hydrogens (tertiary/aromatic N) is 1. The van der Waals surface area contributed by atoms with E-state index in [4.69, 9.17) is 9.25 Å². The van der Waals surface area contributed by atoms with Crippen molar-refractivity contribution in [1.82, 2.24) is 0 Å².